The Balaban J connectivity index is 1.62. The number of aromatic nitrogens is 3. The Kier molecular flexibility index (Phi) is 4.53. The third-order valence-electron chi connectivity index (χ3n) is 3.38. The normalized spacial score (nSPS) is 10.6. The summed E-state index contributed by atoms with van der Waals surface area (Å²) >= 11 is 3.42. The molecule has 3 aromatic rings. The van der Waals surface area contributed by atoms with Crippen LogP contribution in [0.25, 0.3) is 0 Å². The van der Waals surface area contributed by atoms with E-state index in [9.17, 15) is 0 Å². The second-order valence-electron chi connectivity index (χ2n) is 5.20. The Morgan fingerprint density at radius 1 is 1.14 bits per heavy atom. The van der Waals surface area contributed by atoms with Crippen molar-refractivity contribution in [3.8, 4) is 0 Å². The molecule has 1 N–H and O–H groups in total. The molecule has 0 atom stereocenters. The highest BCUT2D eigenvalue weighted by Gasteiger charge is 2.03. The maximum Gasteiger partial charge on any atom is 0.129 e. The summed E-state index contributed by atoms with van der Waals surface area (Å²) in [6.45, 7) is 3.54. The van der Waals surface area contributed by atoms with Gasteiger partial charge in [0.15, 0.2) is 0 Å². The summed E-state index contributed by atoms with van der Waals surface area (Å²) in [6, 6.07) is 12.4. The number of pyridine rings is 1. The molecule has 0 fully saturated rings. The summed E-state index contributed by atoms with van der Waals surface area (Å²) in [6.07, 6.45) is 5.76. The van der Waals surface area contributed by atoms with Crippen molar-refractivity contribution >= 4 is 21.7 Å². The number of hydrogen-bond acceptors (Lipinski definition) is 3. The molecule has 4 nitrogen and oxygen atoms in total. The van der Waals surface area contributed by atoms with E-state index in [1.807, 2.05) is 42.1 Å². The molecule has 0 bridgehead atoms. The highest BCUT2D eigenvalue weighted by atomic mass is 79.9. The van der Waals surface area contributed by atoms with E-state index in [1.54, 1.807) is 6.20 Å². The van der Waals surface area contributed by atoms with E-state index in [1.165, 1.54) is 5.56 Å². The van der Waals surface area contributed by atoms with Crippen molar-refractivity contribution < 1.29 is 0 Å². The molecule has 0 saturated carbocycles. The van der Waals surface area contributed by atoms with Gasteiger partial charge in [0.1, 0.15) is 5.82 Å². The van der Waals surface area contributed by atoms with Crippen LogP contribution >= 0.6 is 15.9 Å². The molecule has 0 unspecified atom stereocenters. The van der Waals surface area contributed by atoms with Crippen molar-refractivity contribution in [2.45, 2.75) is 20.0 Å². The standard InChI is InChI=1S/C17H17BrN4/c1-13-7-16(18)10-20-17(13)19-8-15-9-21-22(12-15)11-14-5-3-2-4-6-14/h2-7,9-10,12H,8,11H2,1H3,(H,19,20). The lowest BCUT2D eigenvalue weighted by Gasteiger charge is -2.07. The SMILES string of the molecule is Cc1cc(Br)cnc1NCc1cnn(Cc2ccccc2)c1. The van der Waals surface area contributed by atoms with Gasteiger partial charge in [-0.05, 0) is 40.0 Å². The number of rotatable bonds is 5. The minimum Gasteiger partial charge on any atom is -0.366 e. The van der Waals surface area contributed by atoms with E-state index in [0.717, 1.165) is 28.0 Å². The van der Waals surface area contributed by atoms with Gasteiger partial charge in [-0.2, -0.15) is 5.10 Å². The van der Waals surface area contributed by atoms with Crippen LogP contribution in [0.4, 0.5) is 5.82 Å². The fraction of sp³-hybridized carbons (Fsp3) is 0.176. The summed E-state index contributed by atoms with van der Waals surface area (Å²) < 4.78 is 2.94. The summed E-state index contributed by atoms with van der Waals surface area (Å²) in [5, 5.41) is 7.76. The highest BCUT2D eigenvalue weighted by molar-refractivity contribution is 9.10. The van der Waals surface area contributed by atoms with Crippen LogP contribution in [0.3, 0.4) is 0 Å². The van der Waals surface area contributed by atoms with Crippen LogP contribution in [0.15, 0.2) is 59.5 Å². The average Bonchev–Trinajstić information content (AvgIpc) is 2.95. The molecular formula is C17H17BrN4. The van der Waals surface area contributed by atoms with Gasteiger partial charge in [-0.25, -0.2) is 4.98 Å². The lowest BCUT2D eigenvalue weighted by molar-refractivity contribution is 0.686. The zero-order valence-electron chi connectivity index (χ0n) is 12.3. The third-order valence-corrected chi connectivity index (χ3v) is 3.81. The van der Waals surface area contributed by atoms with E-state index in [4.69, 9.17) is 0 Å². The molecular weight excluding hydrogens is 340 g/mol. The molecule has 22 heavy (non-hydrogen) atoms. The molecule has 0 saturated heterocycles. The van der Waals surface area contributed by atoms with Gasteiger partial charge >= 0.3 is 0 Å². The zero-order valence-corrected chi connectivity index (χ0v) is 13.9. The van der Waals surface area contributed by atoms with Crippen molar-refractivity contribution in [1.82, 2.24) is 14.8 Å². The molecule has 2 aromatic heterocycles. The number of nitrogens with one attached hydrogen (secondary N) is 1. The number of halogens is 1. The Labute approximate surface area is 138 Å². The topological polar surface area (TPSA) is 42.7 Å². The van der Waals surface area contributed by atoms with Gasteiger partial charge in [-0.3, -0.25) is 4.68 Å². The molecule has 0 aliphatic heterocycles. The van der Waals surface area contributed by atoms with Gasteiger partial charge in [-0.1, -0.05) is 30.3 Å². The maximum absolute atomic E-state index is 4.41. The van der Waals surface area contributed by atoms with Gasteiger partial charge < -0.3 is 5.32 Å². The first-order valence-electron chi connectivity index (χ1n) is 7.12. The molecule has 0 aliphatic carbocycles. The number of anilines is 1. The van der Waals surface area contributed by atoms with Crippen LogP contribution in [0, 0.1) is 6.92 Å². The van der Waals surface area contributed by atoms with Crippen LogP contribution < -0.4 is 5.32 Å². The van der Waals surface area contributed by atoms with Crippen LogP contribution in [0.1, 0.15) is 16.7 Å². The van der Waals surface area contributed by atoms with Gasteiger partial charge in [0.25, 0.3) is 0 Å². The predicted octanol–water partition coefficient (Wildman–Crippen LogP) is 4.01. The molecule has 2 heterocycles. The number of aryl methyl sites for hydroxylation is 1. The molecule has 0 amide bonds. The largest absolute Gasteiger partial charge is 0.366 e. The minimum atomic E-state index is 0.713. The Morgan fingerprint density at radius 2 is 1.95 bits per heavy atom. The van der Waals surface area contributed by atoms with Crippen LogP contribution in [0.2, 0.25) is 0 Å². The lowest BCUT2D eigenvalue weighted by atomic mass is 10.2. The number of hydrogen-bond donors (Lipinski definition) is 1. The summed E-state index contributed by atoms with van der Waals surface area (Å²) in [4.78, 5) is 4.38. The van der Waals surface area contributed by atoms with Crippen LogP contribution in [0.5, 0.6) is 0 Å². The van der Waals surface area contributed by atoms with Crippen molar-refractivity contribution in [3.05, 3.63) is 76.2 Å². The lowest BCUT2D eigenvalue weighted by Crippen LogP contribution is -2.03. The van der Waals surface area contributed by atoms with Crippen molar-refractivity contribution in [1.29, 1.82) is 0 Å². The molecule has 3 rings (SSSR count). The highest BCUT2D eigenvalue weighted by Crippen LogP contribution is 2.17. The molecule has 5 heteroatoms. The van der Waals surface area contributed by atoms with Gasteiger partial charge in [-0.15, -0.1) is 0 Å². The van der Waals surface area contributed by atoms with E-state index in [0.29, 0.717) is 6.54 Å². The van der Waals surface area contributed by atoms with Crippen LogP contribution in [-0.4, -0.2) is 14.8 Å². The molecule has 112 valence electrons. The monoisotopic (exact) mass is 356 g/mol. The molecule has 0 aliphatic rings. The fourth-order valence-electron chi connectivity index (χ4n) is 2.27. The quantitative estimate of drug-likeness (QED) is 0.750. The van der Waals surface area contributed by atoms with Gasteiger partial charge in [0.05, 0.1) is 12.7 Å². The summed E-state index contributed by atoms with van der Waals surface area (Å²) in [7, 11) is 0. The van der Waals surface area contributed by atoms with E-state index < -0.39 is 0 Å². The molecule has 0 radical (unpaired) electrons. The predicted molar refractivity (Wildman–Crippen MR) is 91.8 cm³/mol. The second kappa shape index (κ2) is 6.75. The summed E-state index contributed by atoms with van der Waals surface area (Å²) in [5.74, 6) is 0.902. The Bertz CT molecular complexity index is 752. The van der Waals surface area contributed by atoms with Gasteiger partial charge in [0, 0.05) is 29.0 Å². The second-order valence-corrected chi connectivity index (χ2v) is 6.12. The molecule has 1 aromatic carbocycles. The van der Waals surface area contributed by atoms with E-state index >= 15 is 0 Å². The maximum atomic E-state index is 4.41. The van der Waals surface area contributed by atoms with Gasteiger partial charge in [0.2, 0.25) is 0 Å². The average molecular weight is 357 g/mol. The fourth-order valence-corrected chi connectivity index (χ4v) is 2.71. The Hall–Kier alpha value is -2.14. The summed E-state index contributed by atoms with van der Waals surface area (Å²) in [5.41, 5.74) is 3.50. The van der Waals surface area contributed by atoms with Crippen molar-refractivity contribution in [3.63, 3.8) is 0 Å². The van der Waals surface area contributed by atoms with E-state index in [2.05, 4.69) is 49.7 Å². The number of nitrogens with zero attached hydrogens (tertiary/aromatic N) is 3. The van der Waals surface area contributed by atoms with E-state index in [-0.39, 0.29) is 0 Å². The smallest absolute Gasteiger partial charge is 0.129 e. The Morgan fingerprint density at radius 3 is 2.73 bits per heavy atom. The number of benzene rings is 1. The first-order chi connectivity index (χ1) is 10.7. The minimum absolute atomic E-state index is 0.713. The van der Waals surface area contributed by atoms with Crippen LogP contribution in [-0.2, 0) is 13.1 Å². The third kappa shape index (κ3) is 3.74. The van der Waals surface area contributed by atoms with Crippen molar-refractivity contribution in [2.75, 3.05) is 5.32 Å². The first-order valence-corrected chi connectivity index (χ1v) is 7.91. The zero-order chi connectivity index (χ0) is 15.4. The first kappa shape index (κ1) is 14.8. The molecule has 0 spiro atoms. The van der Waals surface area contributed by atoms with Crippen molar-refractivity contribution in [2.24, 2.45) is 0 Å².